The fourth-order valence-corrected chi connectivity index (χ4v) is 3.86. The molecule has 0 aliphatic heterocycles. The van der Waals surface area contributed by atoms with E-state index in [2.05, 4.69) is 0 Å². The molecule has 2 rings (SSSR count). The maximum Gasteiger partial charge on any atom is 0.269 e. The highest BCUT2D eigenvalue weighted by molar-refractivity contribution is 7.95. The Balaban J connectivity index is 2.42. The number of amides is 1. The Labute approximate surface area is 159 Å². The highest BCUT2D eigenvalue weighted by Gasteiger charge is 2.24. The molecule has 0 aromatic heterocycles. The predicted octanol–water partition coefficient (Wildman–Crippen LogP) is 3.34. The van der Waals surface area contributed by atoms with Crippen molar-refractivity contribution in [1.82, 2.24) is 0 Å². The third kappa shape index (κ3) is 4.60. The van der Waals surface area contributed by atoms with Crippen LogP contribution in [0.4, 0.5) is 5.69 Å². The van der Waals surface area contributed by atoms with E-state index in [-0.39, 0.29) is 26.9 Å². The Morgan fingerprint density at radius 1 is 1.15 bits per heavy atom. The average Bonchev–Trinajstić information content (AvgIpc) is 2.55. The third-order valence-corrected chi connectivity index (χ3v) is 5.89. The standard InChI is InChI=1S/C16H12Cl2N2O5S/c17-13-3-1-2-11(15(13)18)8-14(16(19)21)26(24,25)9-10-4-6-12(7-5-10)20(22)23/h1-8H,9H2,(H2,19,21). The minimum atomic E-state index is -4.12. The minimum Gasteiger partial charge on any atom is -0.365 e. The van der Waals surface area contributed by atoms with E-state index in [0.29, 0.717) is 0 Å². The Morgan fingerprint density at radius 3 is 2.31 bits per heavy atom. The van der Waals surface area contributed by atoms with E-state index >= 15 is 0 Å². The second kappa shape index (κ2) is 7.86. The normalized spacial score (nSPS) is 12.0. The summed E-state index contributed by atoms with van der Waals surface area (Å²) in [6.07, 6.45) is 1.05. The van der Waals surface area contributed by atoms with E-state index in [1.54, 1.807) is 6.07 Å². The lowest BCUT2D eigenvalue weighted by atomic mass is 10.2. The molecular formula is C16H12Cl2N2O5S. The second-order valence-corrected chi connectivity index (χ2v) is 7.94. The molecule has 0 aliphatic carbocycles. The van der Waals surface area contributed by atoms with Gasteiger partial charge in [-0.2, -0.15) is 0 Å². The Bertz CT molecular complexity index is 1000. The Kier molecular flexibility index (Phi) is 6.01. The first-order valence-corrected chi connectivity index (χ1v) is 9.44. The zero-order chi connectivity index (χ0) is 19.5. The quantitative estimate of drug-likeness (QED) is 0.441. The van der Waals surface area contributed by atoms with Crippen LogP contribution in [0.2, 0.25) is 10.0 Å². The molecule has 2 aromatic rings. The fourth-order valence-electron chi connectivity index (χ4n) is 2.10. The molecule has 0 heterocycles. The number of nitro benzene ring substituents is 1. The summed E-state index contributed by atoms with van der Waals surface area (Å²) >= 11 is 11.9. The number of non-ortho nitro benzene ring substituents is 1. The zero-order valence-electron chi connectivity index (χ0n) is 13.1. The topological polar surface area (TPSA) is 120 Å². The molecular weight excluding hydrogens is 403 g/mol. The number of rotatable bonds is 6. The van der Waals surface area contributed by atoms with E-state index in [1.807, 2.05) is 0 Å². The molecule has 0 fully saturated rings. The first kappa shape index (κ1) is 19.9. The van der Waals surface area contributed by atoms with Crippen molar-refractivity contribution < 1.29 is 18.1 Å². The first-order chi connectivity index (χ1) is 12.1. The number of nitrogens with two attached hydrogens (primary N) is 1. The smallest absolute Gasteiger partial charge is 0.269 e. The number of hydrogen-bond donors (Lipinski definition) is 1. The van der Waals surface area contributed by atoms with Gasteiger partial charge in [-0.25, -0.2) is 8.42 Å². The molecule has 2 N–H and O–H groups in total. The van der Waals surface area contributed by atoms with Crippen molar-refractivity contribution in [2.45, 2.75) is 5.75 Å². The van der Waals surface area contributed by atoms with Gasteiger partial charge in [0, 0.05) is 12.1 Å². The highest BCUT2D eigenvalue weighted by Crippen LogP contribution is 2.28. The van der Waals surface area contributed by atoms with Crippen molar-refractivity contribution >= 4 is 50.7 Å². The van der Waals surface area contributed by atoms with Crippen molar-refractivity contribution in [2.24, 2.45) is 5.73 Å². The molecule has 1 amide bonds. The number of halogens is 2. The summed E-state index contributed by atoms with van der Waals surface area (Å²) in [5.41, 5.74) is 5.53. The van der Waals surface area contributed by atoms with E-state index in [0.717, 1.165) is 6.08 Å². The third-order valence-electron chi connectivity index (χ3n) is 3.35. The number of nitrogens with zero attached hydrogens (tertiary/aromatic N) is 1. The van der Waals surface area contributed by atoms with Crippen molar-refractivity contribution in [2.75, 3.05) is 0 Å². The van der Waals surface area contributed by atoms with E-state index in [1.165, 1.54) is 36.4 Å². The minimum absolute atomic E-state index is 0.0819. The summed E-state index contributed by atoms with van der Waals surface area (Å²) < 4.78 is 25.2. The predicted molar refractivity (Wildman–Crippen MR) is 99.4 cm³/mol. The van der Waals surface area contributed by atoms with Gasteiger partial charge < -0.3 is 5.73 Å². The molecule has 0 radical (unpaired) electrons. The number of benzene rings is 2. The highest BCUT2D eigenvalue weighted by atomic mass is 35.5. The zero-order valence-corrected chi connectivity index (χ0v) is 15.4. The largest absolute Gasteiger partial charge is 0.365 e. The molecule has 0 saturated carbocycles. The molecule has 2 aromatic carbocycles. The van der Waals surface area contributed by atoms with Crippen LogP contribution in [-0.2, 0) is 20.4 Å². The van der Waals surface area contributed by atoms with Gasteiger partial charge in [-0.15, -0.1) is 0 Å². The number of nitro groups is 1. The van der Waals surface area contributed by atoms with Crippen LogP contribution in [-0.4, -0.2) is 19.2 Å². The summed E-state index contributed by atoms with van der Waals surface area (Å²) in [6.45, 7) is 0. The van der Waals surface area contributed by atoms with E-state index < -0.39 is 31.3 Å². The number of sulfone groups is 1. The van der Waals surface area contributed by atoms with Gasteiger partial charge in [-0.3, -0.25) is 14.9 Å². The van der Waals surface area contributed by atoms with Gasteiger partial charge in [0.15, 0.2) is 9.84 Å². The molecule has 0 unspecified atom stereocenters. The molecule has 0 spiro atoms. The Morgan fingerprint density at radius 2 is 1.77 bits per heavy atom. The van der Waals surface area contributed by atoms with Gasteiger partial charge >= 0.3 is 0 Å². The van der Waals surface area contributed by atoms with Crippen LogP contribution in [0, 0.1) is 10.1 Å². The van der Waals surface area contributed by atoms with Crippen LogP contribution in [0.5, 0.6) is 0 Å². The van der Waals surface area contributed by atoms with Gasteiger partial charge in [0.2, 0.25) is 0 Å². The lowest BCUT2D eigenvalue weighted by Crippen LogP contribution is -2.22. The van der Waals surface area contributed by atoms with Crippen LogP contribution < -0.4 is 5.73 Å². The van der Waals surface area contributed by atoms with Crippen molar-refractivity contribution in [3.63, 3.8) is 0 Å². The van der Waals surface area contributed by atoms with Crippen molar-refractivity contribution in [3.8, 4) is 0 Å². The van der Waals surface area contributed by atoms with Crippen LogP contribution in [0.25, 0.3) is 6.08 Å². The number of primary amides is 1. The SMILES string of the molecule is NC(=O)C(=Cc1cccc(Cl)c1Cl)S(=O)(=O)Cc1ccc([N+](=O)[O-])cc1. The fraction of sp³-hybridized carbons (Fsp3) is 0.0625. The molecule has 0 saturated heterocycles. The van der Waals surface area contributed by atoms with Gasteiger partial charge in [-0.05, 0) is 23.3 Å². The molecule has 10 heteroatoms. The summed E-state index contributed by atoms with van der Waals surface area (Å²) in [5, 5.41) is 10.9. The average molecular weight is 415 g/mol. The van der Waals surface area contributed by atoms with Crippen molar-refractivity contribution in [3.05, 3.63) is 78.7 Å². The maximum atomic E-state index is 12.6. The molecule has 7 nitrogen and oxygen atoms in total. The molecule has 26 heavy (non-hydrogen) atoms. The van der Waals surface area contributed by atoms with E-state index in [4.69, 9.17) is 28.9 Å². The van der Waals surface area contributed by atoms with Crippen LogP contribution in [0.3, 0.4) is 0 Å². The van der Waals surface area contributed by atoms with Crippen molar-refractivity contribution in [1.29, 1.82) is 0 Å². The molecule has 0 atom stereocenters. The summed E-state index contributed by atoms with van der Waals surface area (Å²) in [7, 11) is -4.12. The number of carbonyl (C=O) groups excluding carboxylic acids is 1. The second-order valence-electron chi connectivity index (χ2n) is 5.20. The number of carbonyl (C=O) groups is 1. The van der Waals surface area contributed by atoms with Gasteiger partial charge in [0.25, 0.3) is 11.6 Å². The maximum absolute atomic E-state index is 12.6. The molecule has 0 bridgehead atoms. The number of hydrogen-bond acceptors (Lipinski definition) is 5. The monoisotopic (exact) mass is 414 g/mol. The summed E-state index contributed by atoms with van der Waals surface area (Å²) in [4.78, 5) is 21.1. The lowest BCUT2D eigenvalue weighted by molar-refractivity contribution is -0.384. The van der Waals surface area contributed by atoms with Crippen LogP contribution in [0.1, 0.15) is 11.1 Å². The van der Waals surface area contributed by atoms with Gasteiger partial charge in [0.1, 0.15) is 4.91 Å². The molecule has 0 aliphatic rings. The first-order valence-electron chi connectivity index (χ1n) is 7.03. The Hall–Kier alpha value is -2.42. The van der Waals surface area contributed by atoms with Gasteiger partial charge in [-0.1, -0.05) is 47.5 Å². The van der Waals surface area contributed by atoms with Crippen LogP contribution >= 0.6 is 23.2 Å². The van der Waals surface area contributed by atoms with Crippen LogP contribution in [0.15, 0.2) is 47.4 Å². The van der Waals surface area contributed by atoms with Gasteiger partial charge in [0.05, 0.1) is 20.7 Å². The van der Waals surface area contributed by atoms with E-state index in [9.17, 15) is 23.3 Å². The lowest BCUT2D eigenvalue weighted by Gasteiger charge is -2.08. The summed E-state index contributed by atoms with van der Waals surface area (Å²) in [5.74, 6) is -1.71. The summed E-state index contributed by atoms with van der Waals surface area (Å²) in [6, 6.07) is 9.47. The molecule has 136 valence electrons.